The van der Waals surface area contributed by atoms with Crippen LogP contribution in [0.2, 0.25) is 5.82 Å². The third-order valence-corrected chi connectivity index (χ3v) is 5.98. The van der Waals surface area contributed by atoms with Crippen LogP contribution in [0.3, 0.4) is 0 Å². The standard InChI is InChI=1S/C23H31B2N3O2/c1-30-19-8-9-20-17(15-19)10-14-28(20)13-5-3-2-4-12-27-23(29)22(25)21(24)18-7-6-11-26-16-18/h6-11,14-16,21-22H,2-5,12-13,24-25H2,1H3,(H,27,29)/t21-,22+/m0/s1. The molecule has 1 aromatic carbocycles. The number of hydrogen-bond donors (Lipinski definition) is 1. The summed E-state index contributed by atoms with van der Waals surface area (Å²) in [6, 6.07) is 12.3. The highest BCUT2D eigenvalue weighted by Crippen LogP contribution is 2.23. The number of carbonyl (C=O) groups is 1. The molecule has 1 N–H and O–H groups in total. The molecule has 0 radical (unpaired) electrons. The van der Waals surface area contributed by atoms with E-state index >= 15 is 0 Å². The molecule has 5 nitrogen and oxygen atoms in total. The fourth-order valence-electron chi connectivity index (χ4n) is 3.79. The van der Waals surface area contributed by atoms with Gasteiger partial charge in [-0.1, -0.05) is 18.9 Å². The van der Waals surface area contributed by atoms with Gasteiger partial charge in [-0.3, -0.25) is 9.78 Å². The zero-order valence-corrected chi connectivity index (χ0v) is 18.3. The van der Waals surface area contributed by atoms with E-state index in [2.05, 4.69) is 47.1 Å². The number of nitrogens with one attached hydrogen (secondary N) is 1. The number of carbonyl (C=O) groups excluding carboxylic acids is 1. The Bertz CT molecular complexity index is 946. The van der Waals surface area contributed by atoms with Crippen molar-refractivity contribution in [3.8, 4) is 5.75 Å². The lowest BCUT2D eigenvalue weighted by atomic mass is 9.63. The molecule has 2 aromatic heterocycles. The van der Waals surface area contributed by atoms with Crippen molar-refractivity contribution in [1.82, 2.24) is 14.9 Å². The molecule has 0 unspecified atom stereocenters. The summed E-state index contributed by atoms with van der Waals surface area (Å²) in [6.45, 7) is 1.76. The van der Waals surface area contributed by atoms with Gasteiger partial charge in [-0.2, -0.15) is 0 Å². The van der Waals surface area contributed by atoms with Gasteiger partial charge in [-0.25, -0.2) is 0 Å². The molecule has 0 aliphatic rings. The number of pyridine rings is 1. The van der Waals surface area contributed by atoms with Crippen LogP contribution in [0.15, 0.2) is 55.0 Å². The smallest absolute Gasteiger partial charge is 0.214 e. The Kier molecular flexibility index (Phi) is 8.00. The maximum absolute atomic E-state index is 12.4. The van der Waals surface area contributed by atoms with Gasteiger partial charge in [0.05, 0.1) is 7.11 Å². The second-order valence-corrected chi connectivity index (χ2v) is 8.00. The second kappa shape index (κ2) is 10.9. The molecule has 30 heavy (non-hydrogen) atoms. The number of amides is 1. The topological polar surface area (TPSA) is 56.2 Å². The third-order valence-electron chi connectivity index (χ3n) is 5.98. The summed E-state index contributed by atoms with van der Waals surface area (Å²) in [7, 11) is 5.77. The summed E-state index contributed by atoms with van der Waals surface area (Å²) in [5, 5.41) is 4.31. The number of aryl methyl sites for hydroxylation is 1. The Morgan fingerprint density at radius 3 is 2.77 bits per heavy atom. The molecule has 2 heterocycles. The van der Waals surface area contributed by atoms with Crippen LogP contribution in [0.1, 0.15) is 37.1 Å². The third kappa shape index (κ3) is 5.68. The highest BCUT2D eigenvalue weighted by molar-refractivity contribution is 6.30. The van der Waals surface area contributed by atoms with Crippen molar-refractivity contribution in [2.75, 3.05) is 13.7 Å². The largest absolute Gasteiger partial charge is 0.497 e. The van der Waals surface area contributed by atoms with Gasteiger partial charge in [-0.05, 0) is 54.6 Å². The molecule has 7 heteroatoms. The predicted molar refractivity (Wildman–Crippen MR) is 128 cm³/mol. The molecule has 2 atom stereocenters. The van der Waals surface area contributed by atoms with E-state index in [1.165, 1.54) is 10.9 Å². The lowest BCUT2D eigenvalue weighted by Gasteiger charge is -2.19. The molecule has 0 saturated heterocycles. The van der Waals surface area contributed by atoms with Crippen LogP contribution >= 0.6 is 0 Å². The molecular formula is C23H31B2N3O2. The van der Waals surface area contributed by atoms with E-state index in [1.54, 1.807) is 13.3 Å². The highest BCUT2D eigenvalue weighted by Gasteiger charge is 2.21. The first kappa shape index (κ1) is 22.0. The van der Waals surface area contributed by atoms with Crippen LogP contribution in [0.4, 0.5) is 0 Å². The Morgan fingerprint density at radius 1 is 1.17 bits per heavy atom. The molecule has 3 aromatic rings. The Morgan fingerprint density at radius 2 is 2.00 bits per heavy atom. The first-order valence-corrected chi connectivity index (χ1v) is 10.9. The van der Waals surface area contributed by atoms with Gasteiger partial charge < -0.3 is 14.6 Å². The van der Waals surface area contributed by atoms with Crippen LogP contribution in [0, 0.1) is 0 Å². The van der Waals surface area contributed by atoms with Crippen molar-refractivity contribution in [2.24, 2.45) is 0 Å². The minimum Gasteiger partial charge on any atom is -0.497 e. The van der Waals surface area contributed by atoms with Gasteiger partial charge in [0.15, 0.2) is 0 Å². The van der Waals surface area contributed by atoms with Crippen LogP contribution < -0.4 is 10.1 Å². The molecule has 0 spiro atoms. The maximum atomic E-state index is 12.4. The molecule has 0 fully saturated rings. The van der Waals surface area contributed by atoms with Crippen molar-refractivity contribution in [1.29, 1.82) is 0 Å². The van der Waals surface area contributed by atoms with Crippen molar-refractivity contribution in [3.63, 3.8) is 0 Å². The van der Waals surface area contributed by atoms with E-state index in [0.717, 1.165) is 50.1 Å². The van der Waals surface area contributed by atoms with E-state index < -0.39 is 0 Å². The van der Waals surface area contributed by atoms with Gasteiger partial charge in [0.1, 0.15) is 21.4 Å². The summed E-state index contributed by atoms with van der Waals surface area (Å²) in [4.78, 5) is 16.6. The molecule has 3 rings (SSSR count). The fraction of sp³-hybridized carbons (Fsp3) is 0.391. The van der Waals surface area contributed by atoms with Gasteiger partial charge in [0.2, 0.25) is 5.91 Å². The van der Waals surface area contributed by atoms with Crippen LogP contribution in [-0.4, -0.2) is 44.8 Å². The Labute approximate surface area is 181 Å². The van der Waals surface area contributed by atoms with Crippen LogP contribution in [-0.2, 0) is 11.3 Å². The molecule has 0 bridgehead atoms. The van der Waals surface area contributed by atoms with Crippen LogP contribution in [0.25, 0.3) is 10.9 Å². The number of methoxy groups -OCH3 is 1. The van der Waals surface area contributed by atoms with E-state index in [9.17, 15) is 4.79 Å². The van der Waals surface area contributed by atoms with Crippen molar-refractivity contribution >= 4 is 32.5 Å². The number of aromatic nitrogens is 2. The predicted octanol–water partition coefficient (Wildman–Crippen LogP) is 2.52. The number of ether oxygens (including phenoxy) is 1. The summed E-state index contributed by atoms with van der Waals surface area (Å²) in [5.41, 5.74) is 2.36. The van der Waals surface area contributed by atoms with E-state index in [-0.39, 0.29) is 17.5 Å². The number of rotatable bonds is 11. The Balaban J connectivity index is 1.32. The van der Waals surface area contributed by atoms with E-state index in [4.69, 9.17) is 4.74 Å². The van der Waals surface area contributed by atoms with Crippen molar-refractivity contribution < 1.29 is 9.53 Å². The second-order valence-electron chi connectivity index (χ2n) is 8.00. The molecule has 0 aliphatic carbocycles. The van der Waals surface area contributed by atoms with Gasteiger partial charge in [0, 0.05) is 48.4 Å². The zero-order chi connectivity index (χ0) is 21.3. The average molecular weight is 403 g/mol. The molecule has 0 aliphatic heterocycles. The monoisotopic (exact) mass is 403 g/mol. The Hall–Kier alpha value is -2.69. The fourth-order valence-corrected chi connectivity index (χ4v) is 3.79. The zero-order valence-electron chi connectivity index (χ0n) is 18.3. The average Bonchev–Trinajstić information content (AvgIpc) is 3.19. The number of nitrogens with zero attached hydrogens (tertiary/aromatic N) is 2. The first-order chi connectivity index (χ1) is 14.6. The van der Waals surface area contributed by atoms with Crippen molar-refractivity contribution in [2.45, 2.75) is 43.9 Å². The maximum Gasteiger partial charge on any atom is 0.214 e. The highest BCUT2D eigenvalue weighted by atomic mass is 16.5. The quantitative estimate of drug-likeness (QED) is 0.396. The lowest BCUT2D eigenvalue weighted by molar-refractivity contribution is -0.121. The van der Waals surface area contributed by atoms with Crippen LogP contribution in [0.5, 0.6) is 5.75 Å². The number of unbranched alkanes of at least 4 members (excludes halogenated alkanes) is 3. The molecule has 1 amide bonds. The summed E-state index contributed by atoms with van der Waals surface area (Å²) >= 11 is 0. The van der Waals surface area contributed by atoms with Gasteiger partial charge >= 0.3 is 0 Å². The summed E-state index contributed by atoms with van der Waals surface area (Å²) in [6.07, 6.45) is 10.2. The molecule has 0 saturated carbocycles. The first-order valence-electron chi connectivity index (χ1n) is 10.9. The van der Waals surface area contributed by atoms with Gasteiger partial charge in [-0.15, -0.1) is 0 Å². The normalized spacial score (nSPS) is 13.1. The van der Waals surface area contributed by atoms with E-state index in [1.807, 2.05) is 32.2 Å². The van der Waals surface area contributed by atoms with E-state index in [0.29, 0.717) is 0 Å². The number of hydrogen-bond acceptors (Lipinski definition) is 3. The summed E-state index contributed by atoms with van der Waals surface area (Å²) < 4.78 is 7.60. The molecular weight excluding hydrogens is 372 g/mol. The minimum atomic E-state index is -0.0603. The molecule has 156 valence electrons. The summed E-state index contributed by atoms with van der Waals surface area (Å²) in [5.74, 6) is 1.12. The lowest BCUT2D eigenvalue weighted by Crippen LogP contribution is -2.31. The number of benzene rings is 1. The van der Waals surface area contributed by atoms with Gasteiger partial charge in [0.25, 0.3) is 0 Å². The number of fused-ring (bicyclic) bond motifs is 1. The SMILES string of the molecule is B[C@@H](C(=O)NCCCCCCn1ccc2cc(OC)ccc21)[C@@H](B)c1cccnc1. The minimum absolute atomic E-state index is 0.0603. The van der Waals surface area contributed by atoms with Crippen molar-refractivity contribution in [3.05, 3.63) is 60.6 Å².